The quantitative estimate of drug-likeness (QED) is 0.367. The van der Waals surface area contributed by atoms with E-state index in [9.17, 15) is 9.59 Å². The first-order valence-corrected chi connectivity index (χ1v) is 12.7. The normalized spacial score (nSPS) is 14.8. The lowest BCUT2D eigenvalue weighted by Crippen LogP contribution is -2.47. The summed E-state index contributed by atoms with van der Waals surface area (Å²) in [6.45, 7) is 5.55. The minimum Gasteiger partial charge on any atom is -0.479 e. The lowest BCUT2D eigenvalue weighted by Gasteiger charge is -2.33. The van der Waals surface area contributed by atoms with E-state index in [0.29, 0.717) is 11.4 Å². The molecule has 1 aliphatic heterocycles. The van der Waals surface area contributed by atoms with Gasteiger partial charge in [-0.2, -0.15) is 0 Å². The number of carbonyl (C=O) groups excluding carboxylic acids is 2. The smallest absolute Gasteiger partial charge is 0.268 e. The van der Waals surface area contributed by atoms with Crippen LogP contribution in [0, 0.1) is 13.8 Å². The Morgan fingerprint density at radius 3 is 2.67 bits per heavy atom. The number of benzene rings is 3. The molecule has 2 heterocycles. The van der Waals surface area contributed by atoms with Gasteiger partial charge in [-0.05, 0) is 56.2 Å². The second-order valence-electron chi connectivity index (χ2n) is 9.02. The molecule has 0 fully saturated rings. The summed E-state index contributed by atoms with van der Waals surface area (Å²) < 4.78 is 5.84. The van der Waals surface area contributed by atoms with Crippen molar-refractivity contribution in [1.82, 2.24) is 4.98 Å². The minimum atomic E-state index is -0.672. The Labute approximate surface area is 214 Å². The van der Waals surface area contributed by atoms with Gasteiger partial charge in [-0.25, -0.2) is 4.98 Å². The highest BCUT2D eigenvalue weighted by atomic mass is 32.1. The van der Waals surface area contributed by atoms with Crippen molar-refractivity contribution >= 4 is 34.5 Å². The van der Waals surface area contributed by atoms with E-state index in [1.807, 2.05) is 73.8 Å². The van der Waals surface area contributed by atoms with E-state index >= 15 is 0 Å². The highest BCUT2D eigenvalue weighted by molar-refractivity contribution is 7.10. The molecule has 7 heteroatoms. The van der Waals surface area contributed by atoms with Crippen LogP contribution in [0.4, 0.5) is 11.4 Å². The average molecular weight is 498 g/mol. The number of aryl methyl sites for hydroxylation is 2. The molecule has 2 amide bonds. The summed E-state index contributed by atoms with van der Waals surface area (Å²) >= 11 is 1.61. The third kappa shape index (κ3) is 5.02. The average Bonchev–Trinajstić information content (AvgIpc) is 3.32. The molecule has 4 aromatic rings. The predicted molar refractivity (Wildman–Crippen MR) is 144 cm³/mol. The molecule has 36 heavy (non-hydrogen) atoms. The van der Waals surface area contributed by atoms with Crippen LogP contribution in [0.3, 0.4) is 0 Å². The van der Waals surface area contributed by atoms with Crippen LogP contribution in [0.2, 0.25) is 0 Å². The van der Waals surface area contributed by atoms with Gasteiger partial charge in [0.05, 0.1) is 16.4 Å². The van der Waals surface area contributed by atoms with Crippen LogP contribution in [0.25, 0.3) is 11.3 Å². The van der Waals surface area contributed by atoms with Crippen LogP contribution in [-0.2, 0) is 16.0 Å². The number of amides is 2. The molecule has 182 valence electrons. The van der Waals surface area contributed by atoms with E-state index < -0.39 is 6.10 Å². The zero-order valence-corrected chi connectivity index (χ0v) is 21.3. The molecule has 5 rings (SSSR count). The fraction of sp³-hybridized carbons (Fsp3) is 0.207. The summed E-state index contributed by atoms with van der Waals surface area (Å²) in [5, 5.41) is 5.97. The molecule has 1 N–H and O–H groups in total. The van der Waals surface area contributed by atoms with Gasteiger partial charge in [0.2, 0.25) is 5.91 Å². The molecule has 0 bridgehead atoms. The van der Waals surface area contributed by atoms with Crippen molar-refractivity contribution in [3.8, 4) is 17.0 Å². The third-order valence-corrected chi connectivity index (χ3v) is 7.02. The van der Waals surface area contributed by atoms with Crippen LogP contribution < -0.4 is 15.0 Å². The van der Waals surface area contributed by atoms with Gasteiger partial charge in [-0.1, -0.05) is 48.0 Å². The van der Waals surface area contributed by atoms with E-state index in [2.05, 4.69) is 17.4 Å². The highest BCUT2D eigenvalue weighted by Crippen LogP contribution is 2.38. The molecule has 6 nitrogen and oxygen atoms in total. The SMILES string of the molecule is Cc1ccc(NC(=O)CN2C(=O)C(C)Oc3ccc(-c4csc(Cc5ccccc5)n4)cc32)c(C)c1. The molecule has 0 radical (unpaired) electrons. The molecular formula is C29H27N3O3S. The molecule has 0 saturated heterocycles. The number of hydrogen-bond acceptors (Lipinski definition) is 5. The second-order valence-corrected chi connectivity index (χ2v) is 9.97. The van der Waals surface area contributed by atoms with Crippen LogP contribution >= 0.6 is 11.3 Å². The van der Waals surface area contributed by atoms with Crippen molar-refractivity contribution in [3.63, 3.8) is 0 Å². The van der Waals surface area contributed by atoms with Gasteiger partial charge < -0.3 is 10.1 Å². The van der Waals surface area contributed by atoms with Crippen LogP contribution in [-0.4, -0.2) is 29.4 Å². The number of thiazole rings is 1. The summed E-state index contributed by atoms with van der Waals surface area (Å²) in [4.78, 5) is 32.3. The Kier molecular flexibility index (Phi) is 6.57. The zero-order chi connectivity index (χ0) is 25.2. The van der Waals surface area contributed by atoms with Crippen molar-refractivity contribution in [2.45, 2.75) is 33.3 Å². The van der Waals surface area contributed by atoms with Gasteiger partial charge in [0.25, 0.3) is 5.91 Å². The summed E-state index contributed by atoms with van der Waals surface area (Å²) in [7, 11) is 0. The summed E-state index contributed by atoms with van der Waals surface area (Å²) in [6, 6.07) is 21.7. The highest BCUT2D eigenvalue weighted by Gasteiger charge is 2.33. The van der Waals surface area contributed by atoms with Crippen molar-refractivity contribution in [3.05, 3.63) is 93.8 Å². The molecule has 1 aromatic heterocycles. The number of anilines is 2. The van der Waals surface area contributed by atoms with Gasteiger partial charge >= 0.3 is 0 Å². The standard InChI is InChI=1S/C29H27N3O3S/c1-18-9-11-23(19(2)13-18)30-27(33)16-32-25-15-22(10-12-26(25)35-20(3)29(32)34)24-17-36-28(31-24)14-21-7-5-4-6-8-21/h4-13,15,17,20H,14,16H2,1-3H3,(H,30,33). The van der Waals surface area contributed by atoms with Gasteiger partial charge in [-0.15, -0.1) is 11.3 Å². The fourth-order valence-electron chi connectivity index (χ4n) is 4.31. The van der Waals surface area contributed by atoms with Crippen molar-refractivity contribution in [2.24, 2.45) is 0 Å². The Hall–Kier alpha value is -3.97. The molecule has 0 saturated carbocycles. The van der Waals surface area contributed by atoms with Crippen molar-refractivity contribution in [1.29, 1.82) is 0 Å². The summed E-state index contributed by atoms with van der Waals surface area (Å²) in [6.07, 6.45) is 0.0920. The van der Waals surface area contributed by atoms with E-state index in [1.54, 1.807) is 18.3 Å². The first-order chi connectivity index (χ1) is 17.4. The number of fused-ring (bicyclic) bond motifs is 1. The van der Waals surface area contributed by atoms with Crippen LogP contribution in [0.5, 0.6) is 5.75 Å². The molecule has 3 aromatic carbocycles. The van der Waals surface area contributed by atoms with Gasteiger partial charge in [0.15, 0.2) is 6.10 Å². The van der Waals surface area contributed by atoms with E-state index in [1.165, 1.54) is 10.5 Å². The largest absolute Gasteiger partial charge is 0.479 e. The van der Waals surface area contributed by atoms with Crippen LogP contribution in [0.15, 0.2) is 72.1 Å². The molecule has 0 aliphatic carbocycles. The number of hydrogen-bond donors (Lipinski definition) is 1. The van der Waals surface area contributed by atoms with E-state index in [4.69, 9.17) is 9.72 Å². The maximum Gasteiger partial charge on any atom is 0.268 e. The van der Waals surface area contributed by atoms with Crippen molar-refractivity contribution < 1.29 is 14.3 Å². The first kappa shape index (κ1) is 23.8. The number of carbonyl (C=O) groups is 2. The second kappa shape index (κ2) is 9.95. The lowest BCUT2D eigenvalue weighted by atomic mass is 10.1. The lowest BCUT2D eigenvalue weighted by molar-refractivity contribution is -0.127. The Balaban J connectivity index is 1.39. The minimum absolute atomic E-state index is 0.105. The summed E-state index contributed by atoms with van der Waals surface area (Å²) in [5.74, 6) is 0.0583. The van der Waals surface area contributed by atoms with E-state index in [0.717, 1.165) is 39.5 Å². The summed E-state index contributed by atoms with van der Waals surface area (Å²) in [5.41, 5.74) is 6.32. The number of nitrogens with one attached hydrogen (secondary N) is 1. The molecule has 0 spiro atoms. The fourth-order valence-corrected chi connectivity index (χ4v) is 5.15. The van der Waals surface area contributed by atoms with Gasteiger partial charge in [-0.3, -0.25) is 14.5 Å². The van der Waals surface area contributed by atoms with Crippen molar-refractivity contribution in [2.75, 3.05) is 16.8 Å². The van der Waals surface area contributed by atoms with E-state index in [-0.39, 0.29) is 18.4 Å². The molecule has 1 unspecified atom stereocenters. The van der Waals surface area contributed by atoms with Crippen LogP contribution in [0.1, 0.15) is 28.6 Å². The molecular weight excluding hydrogens is 470 g/mol. The predicted octanol–water partition coefficient (Wildman–Crippen LogP) is 5.77. The van der Waals surface area contributed by atoms with Gasteiger partial charge in [0.1, 0.15) is 12.3 Å². The number of aromatic nitrogens is 1. The maximum absolute atomic E-state index is 13.1. The number of ether oxygens (including phenoxy) is 1. The Morgan fingerprint density at radius 2 is 1.89 bits per heavy atom. The topological polar surface area (TPSA) is 71.5 Å². The molecule has 1 atom stereocenters. The maximum atomic E-state index is 13.1. The monoisotopic (exact) mass is 497 g/mol. The Bertz CT molecular complexity index is 1430. The number of rotatable bonds is 6. The van der Waals surface area contributed by atoms with Gasteiger partial charge in [0, 0.05) is 23.1 Å². The molecule has 1 aliphatic rings. The zero-order valence-electron chi connectivity index (χ0n) is 20.4. The first-order valence-electron chi connectivity index (χ1n) is 11.9. The Morgan fingerprint density at radius 1 is 1.08 bits per heavy atom. The third-order valence-electron chi connectivity index (χ3n) is 6.17. The number of nitrogens with zero attached hydrogens (tertiary/aromatic N) is 2.